The van der Waals surface area contributed by atoms with Gasteiger partial charge in [0.2, 0.25) is 0 Å². The molecule has 2 aromatic carbocycles. The van der Waals surface area contributed by atoms with Gasteiger partial charge in [-0.1, -0.05) is 42.0 Å². The number of hydrogen-bond donors (Lipinski definition) is 2. The zero-order valence-corrected chi connectivity index (χ0v) is 16.4. The molecule has 0 aliphatic rings. The fraction of sp³-hybridized carbons (Fsp3) is 0.350. The van der Waals surface area contributed by atoms with Crippen molar-refractivity contribution in [3.05, 3.63) is 65.2 Å². The van der Waals surface area contributed by atoms with E-state index in [1.165, 1.54) is 17.4 Å². The molecule has 0 spiro atoms. The van der Waals surface area contributed by atoms with Crippen molar-refractivity contribution in [2.24, 2.45) is 4.99 Å². The first-order valence-electron chi connectivity index (χ1n) is 8.67. The Labute approximate surface area is 156 Å². The molecule has 0 unspecified atom stereocenters. The highest BCUT2D eigenvalue weighted by molar-refractivity contribution is 7.90. The van der Waals surface area contributed by atoms with Gasteiger partial charge in [0.1, 0.15) is 0 Å². The molecule has 5 nitrogen and oxygen atoms in total. The van der Waals surface area contributed by atoms with Crippen LogP contribution in [0.1, 0.15) is 16.7 Å². The number of guanidine groups is 1. The van der Waals surface area contributed by atoms with Crippen LogP contribution in [0.2, 0.25) is 0 Å². The van der Waals surface area contributed by atoms with E-state index in [0.29, 0.717) is 4.90 Å². The molecule has 0 bridgehead atoms. The molecule has 140 valence electrons. The molecular formula is C20H27N3O2S. The summed E-state index contributed by atoms with van der Waals surface area (Å²) in [6.07, 6.45) is 2.95. The predicted molar refractivity (Wildman–Crippen MR) is 108 cm³/mol. The Bertz CT molecular complexity index is 844. The van der Waals surface area contributed by atoms with Crippen molar-refractivity contribution < 1.29 is 8.42 Å². The molecule has 0 aromatic heterocycles. The first kappa shape index (κ1) is 20.0. The summed E-state index contributed by atoms with van der Waals surface area (Å²) in [6, 6.07) is 15.5. The third-order valence-electron chi connectivity index (χ3n) is 4.07. The number of hydrogen-bond acceptors (Lipinski definition) is 3. The Morgan fingerprint density at radius 3 is 2.12 bits per heavy atom. The average molecular weight is 374 g/mol. The highest BCUT2D eigenvalue weighted by atomic mass is 32.2. The topological polar surface area (TPSA) is 70.6 Å². The molecule has 26 heavy (non-hydrogen) atoms. The Hall–Kier alpha value is -2.34. The lowest BCUT2D eigenvalue weighted by Gasteiger charge is -2.12. The number of benzene rings is 2. The minimum Gasteiger partial charge on any atom is -0.356 e. The Morgan fingerprint density at radius 2 is 1.58 bits per heavy atom. The van der Waals surface area contributed by atoms with E-state index in [1.54, 1.807) is 19.2 Å². The van der Waals surface area contributed by atoms with E-state index in [2.05, 4.69) is 46.8 Å². The molecule has 0 saturated heterocycles. The first-order valence-corrected chi connectivity index (χ1v) is 10.6. The van der Waals surface area contributed by atoms with E-state index < -0.39 is 9.84 Å². The Kier molecular flexibility index (Phi) is 7.21. The summed E-state index contributed by atoms with van der Waals surface area (Å²) in [5.41, 5.74) is 3.66. The molecule has 0 aliphatic heterocycles. The number of sulfone groups is 1. The van der Waals surface area contributed by atoms with E-state index in [9.17, 15) is 8.42 Å². The summed E-state index contributed by atoms with van der Waals surface area (Å²) in [4.78, 5) is 4.58. The maximum atomic E-state index is 11.5. The summed E-state index contributed by atoms with van der Waals surface area (Å²) < 4.78 is 22.9. The summed E-state index contributed by atoms with van der Waals surface area (Å²) in [5.74, 6) is 0.769. The standard InChI is InChI=1S/C20H27N3O2S/c1-16-5-4-6-18(15-16)12-14-23-20(21-2)22-13-11-17-7-9-19(10-8-17)26(3,24)25/h4-10,15H,11-14H2,1-3H3,(H2,21,22,23). The summed E-state index contributed by atoms with van der Waals surface area (Å²) >= 11 is 0. The predicted octanol–water partition coefficient (Wildman–Crippen LogP) is 2.35. The van der Waals surface area contributed by atoms with Gasteiger partial charge in [-0.15, -0.1) is 0 Å². The SMILES string of the molecule is CN=C(NCCc1ccc(S(C)(=O)=O)cc1)NCCc1cccc(C)c1. The minimum atomic E-state index is -3.14. The molecule has 0 aliphatic carbocycles. The Balaban J connectivity index is 1.75. The van der Waals surface area contributed by atoms with Gasteiger partial charge in [0.05, 0.1) is 4.90 Å². The van der Waals surface area contributed by atoms with Crippen LogP contribution >= 0.6 is 0 Å². The normalized spacial score (nSPS) is 12.0. The van der Waals surface area contributed by atoms with E-state index in [1.807, 2.05) is 12.1 Å². The van der Waals surface area contributed by atoms with Crippen LogP contribution in [0.25, 0.3) is 0 Å². The van der Waals surface area contributed by atoms with Crippen molar-refractivity contribution in [3.63, 3.8) is 0 Å². The maximum Gasteiger partial charge on any atom is 0.190 e. The van der Waals surface area contributed by atoms with E-state index in [4.69, 9.17) is 0 Å². The maximum absolute atomic E-state index is 11.5. The highest BCUT2D eigenvalue weighted by Crippen LogP contribution is 2.10. The fourth-order valence-corrected chi connectivity index (χ4v) is 3.27. The van der Waals surface area contributed by atoms with Gasteiger partial charge in [-0.2, -0.15) is 0 Å². The number of rotatable bonds is 7. The van der Waals surface area contributed by atoms with Crippen molar-refractivity contribution in [3.8, 4) is 0 Å². The minimum absolute atomic E-state index is 0.350. The van der Waals surface area contributed by atoms with Crippen LogP contribution in [0.3, 0.4) is 0 Å². The van der Waals surface area contributed by atoms with Crippen LogP contribution in [0.4, 0.5) is 0 Å². The van der Waals surface area contributed by atoms with Crippen molar-refractivity contribution in [2.45, 2.75) is 24.7 Å². The smallest absolute Gasteiger partial charge is 0.190 e. The molecule has 2 aromatic rings. The van der Waals surface area contributed by atoms with Crippen molar-refractivity contribution >= 4 is 15.8 Å². The van der Waals surface area contributed by atoms with Gasteiger partial charge in [0, 0.05) is 26.4 Å². The van der Waals surface area contributed by atoms with Gasteiger partial charge in [-0.05, 0) is 43.0 Å². The zero-order valence-electron chi connectivity index (χ0n) is 15.6. The Morgan fingerprint density at radius 1 is 0.962 bits per heavy atom. The van der Waals surface area contributed by atoms with Crippen molar-refractivity contribution in [1.82, 2.24) is 10.6 Å². The lowest BCUT2D eigenvalue weighted by atomic mass is 10.1. The van der Waals surface area contributed by atoms with Crippen LogP contribution in [0.5, 0.6) is 0 Å². The van der Waals surface area contributed by atoms with Gasteiger partial charge in [0.25, 0.3) is 0 Å². The van der Waals surface area contributed by atoms with E-state index in [0.717, 1.165) is 37.5 Å². The molecule has 2 rings (SSSR count). The molecule has 6 heteroatoms. The van der Waals surface area contributed by atoms with E-state index >= 15 is 0 Å². The highest BCUT2D eigenvalue weighted by Gasteiger charge is 2.06. The van der Waals surface area contributed by atoms with Gasteiger partial charge in [-0.25, -0.2) is 8.42 Å². The van der Waals surface area contributed by atoms with Crippen LogP contribution < -0.4 is 10.6 Å². The molecule has 0 fully saturated rings. The zero-order chi connectivity index (χ0) is 19.0. The lowest BCUT2D eigenvalue weighted by molar-refractivity contribution is 0.602. The fourth-order valence-electron chi connectivity index (χ4n) is 2.64. The van der Waals surface area contributed by atoms with Gasteiger partial charge < -0.3 is 10.6 Å². The molecule has 0 amide bonds. The summed E-state index contributed by atoms with van der Waals surface area (Å²) in [7, 11) is -1.39. The third kappa shape index (κ3) is 6.52. The van der Waals surface area contributed by atoms with Crippen molar-refractivity contribution in [2.75, 3.05) is 26.4 Å². The van der Waals surface area contributed by atoms with Gasteiger partial charge in [0.15, 0.2) is 15.8 Å². The van der Waals surface area contributed by atoms with Crippen LogP contribution in [0.15, 0.2) is 58.4 Å². The quantitative estimate of drug-likeness (QED) is 0.577. The first-order chi connectivity index (χ1) is 12.4. The molecule has 0 heterocycles. The average Bonchev–Trinajstić information content (AvgIpc) is 2.60. The third-order valence-corrected chi connectivity index (χ3v) is 5.20. The summed E-state index contributed by atoms with van der Waals surface area (Å²) in [6.45, 7) is 3.63. The van der Waals surface area contributed by atoms with Crippen molar-refractivity contribution in [1.29, 1.82) is 0 Å². The largest absolute Gasteiger partial charge is 0.356 e. The number of aryl methyl sites for hydroxylation is 1. The monoisotopic (exact) mass is 373 g/mol. The molecule has 0 saturated carbocycles. The number of nitrogens with zero attached hydrogens (tertiary/aromatic N) is 1. The van der Waals surface area contributed by atoms with Crippen LogP contribution in [-0.2, 0) is 22.7 Å². The second-order valence-corrected chi connectivity index (χ2v) is 8.35. The molecular weight excluding hydrogens is 346 g/mol. The summed E-state index contributed by atoms with van der Waals surface area (Å²) in [5, 5.41) is 6.59. The van der Waals surface area contributed by atoms with Crippen LogP contribution in [-0.4, -0.2) is 40.8 Å². The second-order valence-electron chi connectivity index (χ2n) is 6.33. The lowest BCUT2D eigenvalue weighted by Crippen LogP contribution is -2.39. The van der Waals surface area contributed by atoms with Gasteiger partial charge >= 0.3 is 0 Å². The number of nitrogens with one attached hydrogen (secondary N) is 2. The molecule has 0 atom stereocenters. The second kappa shape index (κ2) is 9.38. The molecule has 2 N–H and O–H groups in total. The molecule has 0 radical (unpaired) electrons. The number of aliphatic imine (C=N–C) groups is 1. The van der Waals surface area contributed by atoms with Crippen LogP contribution in [0, 0.1) is 6.92 Å². The van der Waals surface area contributed by atoms with Gasteiger partial charge in [-0.3, -0.25) is 4.99 Å². The van der Waals surface area contributed by atoms with E-state index in [-0.39, 0.29) is 0 Å².